The number of hydrogen-bond donors (Lipinski definition) is 2. The third-order valence-electron chi connectivity index (χ3n) is 1.94. The molecule has 70 valence electrons. The highest BCUT2D eigenvalue weighted by Crippen LogP contribution is 2.32. The first-order valence-electron chi connectivity index (χ1n) is 4.35. The average Bonchev–Trinajstić information content (AvgIpc) is 2.87. The molecule has 0 spiro atoms. The third-order valence-corrected chi connectivity index (χ3v) is 1.94. The predicted molar refractivity (Wildman–Crippen MR) is 48.8 cm³/mol. The van der Waals surface area contributed by atoms with Crippen molar-refractivity contribution in [3.05, 3.63) is 0 Å². The van der Waals surface area contributed by atoms with Crippen LogP contribution < -0.4 is 11.3 Å². The Bertz CT molecular complexity index is 154. The molecule has 0 aromatic carbocycles. The quantitative estimate of drug-likeness (QED) is 0.205. The Hall–Kier alpha value is -0.610. The lowest BCUT2D eigenvalue weighted by molar-refractivity contribution is 0.208. The molecule has 3 N–H and O–H groups in total. The minimum atomic E-state index is 0.663. The van der Waals surface area contributed by atoms with E-state index in [1.165, 1.54) is 12.8 Å². The lowest BCUT2D eigenvalue weighted by Gasteiger charge is -2.03. The summed E-state index contributed by atoms with van der Waals surface area (Å²) >= 11 is 0. The van der Waals surface area contributed by atoms with Gasteiger partial charge in [-0.3, -0.25) is 4.99 Å². The molecule has 1 fully saturated rings. The smallest absolute Gasteiger partial charge is 0.111 e. The van der Waals surface area contributed by atoms with Crippen LogP contribution in [-0.2, 0) is 4.74 Å². The van der Waals surface area contributed by atoms with E-state index in [1.807, 2.05) is 0 Å². The highest BCUT2D eigenvalue weighted by molar-refractivity contribution is 5.82. The summed E-state index contributed by atoms with van der Waals surface area (Å²) < 4.78 is 4.88. The van der Waals surface area contributed by atoms with Crippen molar-refractivity contribution in [1.29, 1.82) is 0 Å². The fourth-order valence-electron chi connectivity index (χ4n) is 1.04. The largest absolute Gasteiger partial charge is 0.383 e. The van der Waals surface area contributed by atoms with E-state index < -0.39 is 0 Å². The molecule has 0 radical (unpaired) electrons. The van der Waals surface area contributed by atoms with Crippen LogP contribution in [0.1, 0.15) is 19.3 Å². The molecule has 0 saturated heterocycles. The van der Waals surface area contributed by atoms with Gasteiger partial charge in [-0.1, -0.05) is 0 Å². The second-order valence-corrected chi connectivity index (χ2v) is 3.11. The topological polar surface area (TPSA) is 59.6 Å². The Labute approximate surface area is 73.2 Å². The summed E-state index contributed by atoms with van der Waals surface area (Å²) in [7, 11) is 1.67. The highest BCUT2D eigenvalue weighted by Gasteiger charge is 2.22. The van der Waals surface area contributed by atoms with Crippen molar-refractivity contribution in [2.24, 2.45) is 16.8 Å². The van der Waals surface area contributed by atoms with E-state index in [0.717, 1.165) is 18.2 Å². The molecule has 0 unspecified atom stereocenters. The van der Waals surface area contributed by atoms with E-state index in [2.05, 4.69) is 10.4 Å². The van der Waals surface area contributed by atoms with Crippen LogP contribution in [0.3, 0.4) is 0 Å². The van der Waals surface area contributed by atoms with E-state index in [0.29, 0.717) is 13.2 Å². The van der Waals surface area contributed by atoms with E-state index in [9.17, 15) is 0 Å². The molecule has 4 nitrogen and oxygen atoms in total. The van der Waals surface area contributed by atoms with Gasteiger partial charge in [-0.2, -0.15) is 0 Å². The molecule has 0 atom stereocenters. The Morgan fingerprint density at radius 2 is 2.42 bits per heavy atom. The first kappa shape index (κ1) is 9.48. The number of methoxy groups -OCH3 is 1. The summed E-state index contributed by atoms with van der Waals surface area (Å²) in [6.45, 7) is 1.36. The Morgan fingerprint density at radius 1 is 1.67 bits per heavy atom. The van der Waals surface area contributed by atoms with Gasteiger partial charge in [-0.15, -0.1) is 0 Å². The fourth-order valence-corrected chi connectivity index (χ4v) is 1.04. The monoisotopic (exact) mass is 171 g/mol. The van der Waals surface area contributed by atoms with Crippen LogP contribution in [0, 0.1) is 5.92 Å². The zero-order valence-electron chi connectivity index (χ0n) is 7.55. The number of ether oxygens (including phenoxy) is 1. The van der Waals surface area contributed by atoms with Gasteiger partial charge in [-0.05, 0) is 18.8 Å². The van der Waals surface area contributed by atoms with Gasteiger partial charge in [0.1, 0.15) is 5.84 Å². The lowest BCUT2D eigenvalue weighted by atomic mass is 10.3. The maximum atomic E-state index is 5.31. The molecule has 0 aromatic rings. The van der Waals surface area contributed by atoms with Crippen LogP contribution in [0.2, 0.25) is 0 Å². The van der Waals surface area contributed by atoms with E-state index in [-0.39, 0.29) is 0 Å². The number of nitrogens with zero attached hydrogens (tertiary/aromatic N) is 1. The van der Waals surface area contributed by atoms with Gasteiger partial charge in [-0.25, -0.2) is 5.84 Å². The number of rotatable bonds is 5. The third kappa shape index (κ3) is 3.69. The number of aliphatic imine (C=N–C) groups is 1. The Balaban J connectivity index is 2.16. The van der Waals surface area contributed by atoms with Gasteiger partial charge >= 0.3 is 0 Å². The van der Waals surface area contributed by atoms with E-state index >= 15 is 0 Å². The lowest BCUT2D eigenvalue weighted by Crippen LogP contribution is -2.31. The summed E-state index contributed by atoms with van der Waals surface area (Å²) in [5, 5.41) is 0. The number of nitrogens with one attached hydrogen (secondary N) is 1. The van der Waals surface area contributed by atoms with Crippen molar-refractivity contribution < 1.29 is 4.74 Å². The van der Waals surface area contributed by atoms with Crippen LogP contribution in [0.15, 0.2) is 4.99 Å². The summed E-state index contributed by atoms with van der Waals surface area (Å²) in [4.78, 5) is 4.27. The fraction of sp³-hybridized carbons (Fsp3) is 0.875. The zero-order valence-corrected chi connectivity index (χ0v) is 7.55. The van der Waals surface area contributed by atoms with Crippen LogP contribution in [0.5, 0.6) is 0 Å². The average molecular weight is 171 g/mol. The first-order chi connectivity index (χ1) is 5.86. The number of hydrazine groups is 1. The van der Waals surface area contributed by atoms with Crippen molar-refractivity contribution >= 4 is 5.84 Å². The number of amidine groups is 1. The van der Waals surface area contributed by atoms with Gasteiger partial charge < -0.3 is 10.2 Å². The molecule has 0 aromatic heterocycles. The highest BCUT2D eigenvalue weighted by atomic mass is 16.5. The maximum absolute atomic E-state index is 5.31. The van der Waals surface area contributed by atoms with Gasteiger partial charge in [0.05, 0.1) is 13.2 Å². The molecular weight excluding hydrogens is 154 g/mol. The van der Waals surface area contributed by atoms with E-state index in [1.54, 1.807) is 7.11 Å². The van der Waals surface area contributed by atoms with E-state index in [4.69, 9.17) is 10.6 Å². The number of nitrogens with two attached hydrogens (primary N) is 1. The first-order valence-corrected chi connectivity index (χ1v) is 4.35. The number of hydrogen-bond acceptors (Lipinski definition) is 3. The second-order valence-electron chi connectivity index (χ2n) is 3.11. The van der Waals surface area contributed by atoms with Crippen molar-refractivity contribution in [1.82, 2.24) is 5.43 Å². The zero-order chi connectivity index (χ0) is 8.81. The SMILES string of the molecule is COCCN=C(CC1CC1)NN. The molecular formula is C8H17N3O. The molecule has 0 amide bonds. The minimum absolute atomic E-state index is 0.663. The molecule has 0 heterocycles. The standard InChI is InChI=1S/C8H17N3O/c1-12-5-4-10-8(11-9)6-7-2-3-7/h7H,2-6,9H2,1H3,(H,10,11). The molecule has 12 heavy (non-hydrogen) atoms. The summed E-state index contributed by atoms with van der Waals surface area (Å²) in [5.41, 5.74) is 2.63. The predicted octanol–water partition coefficient (Wildman–Crippen LogP) is 0.295. The van der Waals surface area contributed by atoms with Crippen LogP contribution in [0.25, 0.3) is 0 Å². The molecule has 1 rings (SSSR count). The van der Waals surface area contributed by atoms with Crippen molar-refractivity contribution in [2.45, 2.75) is 19.3 Å². The summed E-state index contributed by atoms with van der Waals surface area (Å²) in [6.07, 6.45) is 3.65. The van der Waals surface area contributed by atoms with Gasteiger partial charge in [0, 0.05) is 13.5 Å². The van der Waals surface area contributed by atoms with Crippen LogP contribution in [-0.4, -0.2) is 26.1 Å². The van der Waals surface area contributed by atoms with Gasteiger partial charge in [0.25, 0.3) is 0 Å². The summed E-state index contributed by atoms with van der Waals surface area (Å²) in [5.74, 6) is 7.04. The molecule has 1 aliphatic carbocycles. The van der Waals surface area contributed by atoms with Gasteiger partial charge in [0.2, 0.25) is 0 Å². The molecule has 0 bridgehead atoms. The van der Waals surface area contributed by atoms with Gasteiger partial charge in [0.15, 0.2) is 0 Å². The minimum Gasteiger partial charge on any atom is -0.383 e. The van der Waals surface area contributed by atoms with Crippen LogP contribution >= 0.6 is 0 Å². The normalized spacial score (nSPS) is 18.0. The molecule has 4 heteroatoms. The summed E-state index contributed by atoms with van der Waals surface area (Å²) in [6, 6.07) is 0. The molecule has 1 aliphatic rings. The molecule has 1 saturated carbocycles. The van der Waals surface area contributed by atoms with Crippen molar-refractivity contribution in [3.8, 4) is 0 Å². The van der Waals surface area contributed by atoms with Crippen LogP contribution in [0.4, 0.5) is 0 Å². The Kier molecular flexibility index (Phi) is 4.04. The maximum Gasteiger partial charge on any atom is 0.111 e. The Morgan fingerprint density at radius 3 is 2.92 bits per heavy atom. The van der Waals surface area contributed by atoms with Crippen molar-refractivity contribution in [3.63, 3.8) is 0 Å². The molecule has 0 aliphatic heterocycles. The second kappa shape index (κ2) is 5.11. The van der Waals surface area contributed by atoms with Crippen molar-refractivity contribution in [2.75, 3.05) is 20.3 Å².